The van der Waals surface area contributed by atoms with E-state index in [-0.39, 0.29) is 5.91 Å². The Labute approximate surface area is 123 Å². The van der Waals surface area contributed by atoms with E-state index in [2.05, 4.69) is 16.4 Å². The number of carbonyl (C=O) groups excluding carboxylic acids is 1. The predicted molar refractivity (Wildman–Crippen MR) is 82.3 cm³/mol. The topological polar surface area (TPSA) is 42.0 Å². The monoisotopic (exact) mass is 286 g/mol. The van der Waals surface area contributed by atoms with E-state index in [1.165, 1.54) is 24.0 Å². The van der Waals surface area contributed by atoms with Crippen molar-refractivity contribution < 1.29 is 4.79 Å². The highest BCUT2D eigenvalue weighted by molar-refractivity contribution is 7.09. The number of benzene rings is 1. The zero-order valence-electron chi connectivity index (χ0n) is 11.6. The van der Waals surface area contributed by atoms with Crippen LogP contribution in [-0.2, 0) is 24.1 Å². The fourth-order valence-corrected chi connectivity index (χ4v) is 3.36. The molecule has 1 amide bonds. The number of rotatable bonds is 3. The number of aromatic nitrogens is 1. The second-order valence-electron chi connectivity index (χ2n) is 5.23. The fourth-order valence-electron chi connectivity index (χ4n) is 2.75. The van der Waals surface area contributed by atoms with Gasteiger partial charge >= 0.3 is 0 Å². The molecule has 0 atom stereocenters. The highest BCUT2D eigenvalue weighted by Gasteiger charge is 2.15. The Balaban J connectivity index is 1.73. The fraction of sp³-hybridized carbons (Fsp3) is 0.375. The molecule has 0 bridgehead atoms. The summed E-state index contributed by atoms with van der Waals surface area (Å²) in [5, 5.41) is 6.01. The first kappa shape index (κ1) is 13.3. The summed E-state index contributed by atoms with van der Waals surface area (Å²) in [5.41, 5.74) is 4.55. The highest BCUT2D eigenvalue weighted by atomic mass is 32.1. The Morgan fingerprint density at radius 2 is 2.20 bits per heavy atom. The number of hydrogen-bond acceptors (Lipinski definition) is 3. The average molecular weight is 286 g/mol. The average Bonchev–Trinajstić information content (AvgIpc) is 2.84. The van der Waals surface area contributed by atoms with Crippen molar-refractivity contribution >= 4 is 22.9 Å². The smallest absolute Gasteiger partial charge is 0.230 e. The van der Waals surface area contributed by atoms with Gasteiger partial charge in [0, 0.05) is 11.1 Å². The summed E-state index contributed by atoms with van der Waals surface area (Å²) in [6.45, 7) is 1.96. The standard InChI is InChI=1S/C16H18N2OS/c1-11-17-13(10-20-11)9-16(19)18-15-8-4-6-12-5-2-3-7-14(12)15/h4,6,8,10H,2-3,5,7,9H2,1H3,(H,18,19). The summed E-state index contributed by atoms with van der Waals surface area (Å²) in [4.78, 5) is 16.5. The molecule has 0 saturated heterocycles. The van der Waals surface area contributed by atoms with Crippen LogP contribution < -0.4 is 5.32 Å². The lowest BCUT2D eigenvalue weighted by atomic mass is 9.90. The second-order valence-corrected chi connectivity index (χ2v) is 6.30. The number of amides is 1. The summed E-state index contributed by atoms with van der Waals surface area (Å²) < 4.78 is 0. The van der Waals surface area contributed by atoms with Gasteiger partial charge in [-0.05, 0) is 49.8 Å². The van der Waals surface area contributed by atoms with E-state index in [0.29, 0.717) is 6.42 Å². The highest BCUT2D eigenvalue weighted by Crippen LogP contribution is 2.27. The summed E-state index contributed by atoms with van der Waals surface area (Å²) >= 11 is 1.58. The molecule has 3 nitrogen and oxygen atoms in total. The Morgan fingerprint density at radius 1 is 1.35 bits per heavy atom. The Hall–Kier alpha value is -1.68. The maximum absolute atomic E-state index is 12.1. The van der Waals surface area contributed by atoms with Gasteiger partial charge in [-0.25, -0.2) is 4.98 Å². The van der Waals surface area contributed by atoms with Crippen LogP contribution in [0.25, 0.3) is 0 Å². The van der Waals surface area contributed by atoms with Crippen molar-refractivity contribution in [3.05, 3.63) is 45.4 Å². The molecule has 0 saturated carbocycles. The van der Waals surface area contributed by atoms with Crippen LogP contribution in [0.1, 0.15) is 34.7 Å². The molecule has 2 aromatic rings. The first-order valence-electron chi connectivity index (χ1n) is 7.04. The van der Waals surface area contributed by atoms with Crippen LogP contribution in [0.3, 0.4) is 0 Å². The van der Waals surface area contributed by atoms with E-state index in [9.17, 15) is 4.79 Å². The van der Waals surface area contributed by atoms with Crippen LogP contribution in [0, 0.1) is 6.92 Å². The molecule has 1 aromatic heterocycles. The van der Waals surface area contributed by atoms with Crippen molar-refractivity contribution in [1.82, 2.24) is 4.98 Å². The Morgan fingerprint density at radius 3 is 3.00 bits per heavy atom. The Bertz CT molecular complexity index is 633. The van der Waals surface area contributed by atoms with Crippen LogP contribution >= 0.6 is 11.3 Å². The van der Waals surface area contributed by atoms with Gasteiger partial charge in [-0.2, -0.15) is 0 Å². The number of nitrogens with one attached hydrogen (secondary N) is 1. The molecule has 0 spiro atoms. The third-order valence-corrected chi connectivity index (χ3v) is 4.50. The van der Waals surface area contributed by atoms with Gasteiger partial charge in [-0.15, -0.1) is 11.3 Å². The van der Waals surface area contributed by atoms with Gasteiger partial charge in [-0.1, -0.05) is 12.1 Å². The lowest BCUT2D eigenvalue weighted by Gasteiger charge is -2.19. The first-order valence-corrected chi connectivity index (χ1v) is 7.92. The number of carbonyl (C=O) groups is 1. The van der Waals surface area contributed by atoms with Crippen molar-refractivity contribution in [2.45, 2.75) is 39.0 Å². The minimum absolute atomic E-state index is 0.0225. The number of hydrogen-bond donors (Lipinski definition) is 1. The summed E-state index contributed by atoms with van der Waals surface area (Å²) in [6.07, 6.45) is 5.02. The van der Waals surface area contributed by atoms with E-state index in [1.54, 1.807) is 11.3 Å². The van der Waals surface area contributed by atoms with Crippen molar-refractivity contribution in [1.29, 1.82) is 0 Å². The van der Waals surface area contributed by atoms with Gasteiger partial charge in [-0.3, -0.25) is 4.79 Å². The lowest BCUT2D eigenvalue weighted by molar-refractivity contribution is -0.115. The van der Waals surface area contributed by atoms with Crippen LogP contribution in [-0.4, -0.2) is 10.9 Å². The minimum atomic E-state index is 0.0225. The number of fused-ring (bicyclic) bond motifs is 1. The number of aryl methyl sites for hydroxylation is 2. The molecule has 104 valence electrons. The van der Waals surface area contributed by atoms with Crippen molar-refractivity contribution in [2.24, 2.45) is 0 Å². The van der Waals surface area contributed by atoms with Gasteiger partial charge in [0.2, 0.25) is 5.91 Å². The van der Waals surface area contributed by atoms with E-state index in [4.69, 9.17) is 0 Å². The van der Waals surface area contributed by atoms with Crippen molar-refractivity contribution in [2.75, 3.05) is 5.32 Å². The minimum Gasteiger partial charge on any atom is -0.325 e. The molecule has 1 aromatic carbocycles. The van der Waals surface area contributed by atoms with E-state index < -0.39 is 0 Å². The maximum Gasteiger partial charge on any atom is 0.230 e. The summed E-state index contributed by atoms with van der Waals surface area (Å²) in [7, 11) is 0. The van der Waals surface area contributed by atoms with Crippen LogP contribution in [0.15, 0.2) is 23.6 Å². The van der Waals surface area contributed by atoms with Gasteiger partial charge in [0.1, 0.15) is 0 Å². The lowest BCUT2D eigenvalue weighted by Crippen LogP contribution is -2.17. The Kier molecular flexibility index (Phi) is 3.83. The molecule has 0 aliphatic heterocycles. The molecule has 1 aliphatic carbocycles. The zero-order chi connectivity index (χ0) is 13.9. The third kappa shape index (κ3) is 2.90. The molecule has 0 fully saturated rings. The molecule has 4 heteroatoms. The molecular formula is C16H18N2OS. The first-order chi connectivity index (χ1) is 9.72. The largest absolute Gasteiger partial charge is 0.325 e. The quantitative estimate of drug-likeness (QED) is 0.938. The van der Waals surface area contributed by atoms with Gasteiger partial charge in [0.05, 0.1) is 17.1 Å². The van der Waals surface area contributed by atoms with E-state index in [0.717, 1.165) is 29.2 Å². The molecule has 20 heavy (non-hydrogen) atoms. The molecule has 1 heterocycles. The van der Waals surface area contributed by atoms with Crippen molar-refractivity contribution in [3.8, 4) is 0 Å². The van der Waals surface area contributed by atoms with Crippen LogP contribution in [0.5, 0.6) is 0 Å². The van der Waals surface area contributed by atoms with E-state index >= 15 is 0 Å². The summed E-state index contributed by atoms with van der Waals surface area (Å²) in [5.74, 6) is 0.0225. The zero-order valence-corrected chi connectivity index (χ0v) is 12.4. The van der Waals surface area contributed by atoms with Crippen LogP contribution in [0.2, 0.25) is 0 Å². The number of thiazole rings is 1. The third-order valence-electron chi connectivity index (χ3n) is 3.68. The van der Waals surface area contributed by atoms with Gasteiger partial charge in [0.25, 0.3) is 0 Å². The SMILES string of the molecule is Cc1nc(CC(=O)Nc2cccc3c2CCCC3)cs1. The normalized spacial score (nSPS) is 13.8. The number of anilines is 1. The predicted octanol–water partition coefficient (Wildman–Crippen LogP) is 3.51. The number of nitrogens with zero attached hydrogens (tertiary/aromatic N) is 1. The van der Waals surface area contributed by atoms with Gasteiger partial charge in [0.15, 0.2) is 0 Å². The summed E-state index contributed by atoms with van der Waals surface area (Å²) in [6, 6.07) is 6.22. The molecule has 0 radical (unpaired) electrons. The molecule has 1 aliphatic rings. The molecule has 1 N–H and O–H groups in total. The maximum atomic E-state index is 12.1. The molecule has 3 rings (SSSR count). The van der Waals surface area contributed by atoms with Gasteiger partial charge < -0.3 is 5.32 Å². The van der Waals surface area contributed by atoms with E-state index in [1.807, 2.05) is 24.4 Å². The molecular weight excluding hydrogens is 268 g/mol. The van der Waals surface area contributed by atoms with Crippen molar-refractivity contribution in [3.63, 3.8) is 0 Å². The molecule has 0 unspecified atom stereocenters. The second kappa shape index (κ2) is 5.75. The van der Waals surface area contributed by atoms with Crippen LogP contribution in [0.4, 0.5) is 5.69 Å².